The van der Waals surface area contributed by atoms with E-state index in [0.29, 0.717) is 0 Å². The number of hydrogen-bond acceptors (Lipinski definition) is 1. The summed E-state index contributed by atoms with van der Waals surface area (Å²) >= 11 is 3.42. The van der Waals surface area contributed by atoms with Gasteiger partial charge in [-0.25, -0.2) is 0 Å². The van der Waals surface area contributed by atoms with Crippen LogP contribution in [0.4, 0.5) is 5.69 Å². The Morgan fingerprint density at radius 2 is 1.75 bits per heavy atom. The number of nitrogen functional groups attached to an aromatic ring is 1. The van der Waals surface area contributed by atoms with Crippen molar-refractivity contribution in [2.24, 2.45) is 0 Å². The first kappa shape index (κ1) is 9.87. The monoisotopic (exact) mass is 247 g/mol. The fourth-order valence-corrected chi connectivity index (χ4v) is 2.00. The highest BCUT2D eigenvalue weighted by molar-refractivity contribution is 9.10. The van der Waals surface area contributed by atoms with E-state index in [-0.39, 0.29) is 12.4 Å². The summed E-state index contributed by atoms with van der Waals surface area (Å²) in [6.45, 7) is 0. The number of aryl methyl sites for hydroxylation is 2. The minimum atomic E-state index is 0. The SMILES string of the molecule is Cl.Nc1cc2c(cc1Br)CCC2. The smallest absolute Gasteiger partial charge is 0.0461 e. The lowest BCUT2D eigenvalue weighted by molar-refractivity contribution is 0.912. The van der Waals surface area contributed by atoms with Crippen molar-refractivity contribution < 1.29 is 0 Å². The molecule has 0 bridgehead atoms. The highest BCUT2D eigenvalue weighted by Crippen LogP contribution is 2.29. The largest absolute Gasteiger partial charge is 0.398 e. The zero-order valence-corrected chi connectivity index (χ0v) is 9.04. The molecule has 3 heteroatoms. The molecule has 0 heterocycles. The minimum absolute atomic E-state index is 0. The van der Waals surface area contributed by atoms with Gasteiger partial charge < -0.3 is 5.73 Å². The number of nitrogens with two attached hydrogens (primary N) is 1. The van der Waals surface area contributed by atoms with Gasteiger partial charge in [0.1, 0.15) is 0 Å². The molecule has 0 radical (unpaired) electrons. The summed E-state index contributed by atoms with van der Waals surface area (Å²) in [5.41, 5.74) is 9.51. The summed E-state index contributed by atoms with van der Waals surface area (Å²) in [4.78, 5) is 0. The van der Waals surface area contributed by atoms with Crippen molar-refractivity contribution in [2.75, 3.05) is 5.73 Å². The third-order valence-electron chi connectivity index (χ3n) is 2.21. The Labute approximate surface area is 86.9 Å². The molecule has 0 saturated heterocycles. The van der Waals surface area contributed by atoms with E-state index >= 15 is 0 Å². The summed E-state index contributed by atoms with van der Waals surface area (Å²) in [6, 6.07) is 4.24. The van der Waals surface area contributed by atoms with Crippen molar-refractivity contribution in [2.45, 2.75) is 19.3 Å². The normalized spacial score (nSPS) is 13.8. The molecule has 0 fully saturated rings. The standard InChI is InChI=1S/C9H10BrN.ClH/c10-8-4-6-2-1-3-7(6)5-9(8)11;/h4-5H,1-3,11H2;1H. The highest BCUT2D eigenvalue weighted by Gasteiger charge is 2.11. The molecule has 1 nitrogen and oxygen atoms in total. The summed E-state index contributed by atoms with van der Waals surface area (Å²) in [5.74, 6) is 0. The van der Waals surface area contributed by atoms with E-state index < -0.39 is 0 Å². The lowest BCUT2D eigenvalue weighted by Crippen LogP contribution is -1.90. The van der Waals surface area contributed by atoms with E-state index in [1.807, 2.05) is 0 Å². The maximum Gasteiger partial charge on any atom is 0.0461 e. The van der Waals surface area contributed by atoms with E-state index in [0.717, 1.165) is 10.2 Å². The van der Waals surface area contributed by atoms with Crippen LogP contribution in [-0.4, -0.2) is 0 Å². The molecule has 2 rings (SSSR count). The molecule has 0 saturated carbocycles. The molecular weight excluding hydrogens is 237 g/mol. The van der Waals surface area contributed by atoms with Gasteiger partial charge in [-0.05, 0) is 58.5 Å². The predicted octanol–water partition coefficient (Wildman–Crippen LogP) is 2.94. The number of anilines is 1. The topological polar surface area (TPSA) is 26.0 Å². The summed E-state index contributed by atoms with van der Waals surface area (Å²) < 4.78 is 1.04. The number of halogens is 2. The van der Waals surface area contributed by atoms with Crippen LogP contribution in [-0.2, 0) is 12.8 Å². The zero-order valence-electron chi connectivity index (χ0n) is 6.64. The Kier molecular flexibility index (Phi) is 3.02. The van der Waals surface area contributed by atoms with Crippen molar-refractivity contribution in [3.05, 3.63) is 27.7 Å². The van der Waals surface area contributed by atoms with Crippen LogP contribution in [0.1, 0.15) is 17.5 Å². The Morgan fingerprint density at radius 1 is 1.17 bits per heavy atom. The van der Waals surface area contributed by atoms with Gasteiger partial charge in [0.15, 0.2) is 0 Å². The number of benzene rings is 1. The van der Waals surface area contributed by atoms with Gasteiger partial charge in [-0.3, -0.25) is 0 Å². The molecule has 0 amide bonds. The van der Waals surface area contributed by atoms with E-state index in [4.69, 9.17) is 5.73 Å². The van der Waals surface area contributed by atoms with Crippen molar-refractivity contribution >= 4 is 34.0 Å². The first-order chi connectivity index (χ1) is 5.27. The molecule has 1 aliphatic rings. The van der Waals surface area contributed by atoms with E-state index in [2.05, 4.69) is 28.1 Å². The fourth-order valence-electron chi connectivity index (χ4n) is 1.61. The summed E-state index contributed by atoms with van der Waals surface area (Å²) in [6.07, 6.45) is 3.70. The quantitative estimate of drug-likeness (QED) is 0.702. The van der Waals surface area contributed by atoms with Gasteiger partial charge >= 0.3 is 0 Å². The summed E-state index contributed by atoms with van der Waals surface area (Å²) in [5, 5.41) is 0. The van der Waals surface area contributed by atoms with Gasteiger partial charge in [0.05, 0.1) is 0 Å². The van der Waals surface area contributed by atoms with Crippen LogP contribution < -0.4 is 5.73 Å². The molecule has 1 aromatic rings. The number of hydrogen-bond donors (Lipinski definition) is 1. The van der Waals surface area contributed by atoms with Gasteiger partial charge in [0, 0.05) is 10.2 Å². The Morgan fingerprint density at radius 3 is 2.42 bits per heavy atom. The maximum atomic E-state index is 5.75. The molecule has 2 N–H and O–H groups in total. The first-order valence-corrected chi connectivity index (χ1v) is 4.63. The van der Waals surface area contributed by atoms with Crippen molar-refractivity contribution in [3.63, 3.8) is 0 Å². The lowest BCUT2D eigenvalue weighted by Gasteiger charge is -2.02. The van der Waals surface area contributed by atoms with Gasteiger partial charge in [0.25, 0.3) is 0 Å². The highest BCUT2D eigenvalue weighted by atomic mass is 79.9. The van der Waals surface area contributed by atoms with E-state index in [1.165, 1.54) is 30.4 Å². The van der Waals surface area contributed by atoms with Gasteiger partial charge in [0.2, 0.25) is 0 Å². The molecule has 0 unspecified atom stereocenters. The van der Waals surface area contributed by atoms with Crippen LogP contribution in [0, 0.1) is 0 Å². The van der Waals surface area contributed by atoms with E-state index in [1.54, 1.807) is 0 Å². The zero-order chi connectivity index (χ0) is 7.84. The van der Waals surface area contributed by atoms with Crippen LogP contribution in [0.2, 0.25) is 0 Å². The van der Waals surface area contributed by atoms with Gasteiger partial charge in [-0.1, -0.05) is 0 Å². The maximum absolute atomic E-state index is 5.75. The minimum Gasteiger partial charge on any atom is -0.398 e. The van der Waals surface area contributed by atoms with Crippen LogP contribution in [0.3, 0.4) is 0 Å². The Bertz CT molecular complexity index is 270. The molecular formula is C9H11BrClN. The average Bonchev–Trinajstić information content (AvgIpc) is 2.36. The molecule has 1 aliphatic carbocycles. The lowest BCUT2D eigenvalue weighted by atomic mass is 10.1. The predicted molar refractivity (Wildman–Crippen MR) is 57.8 cm³/mol. The second-order valence-electron chi connectivity index (χ2n) is 3.00. The second kappa shape index (κ2) is 3.67. The molecule has 12 heavy (non-hydrogen) atoms. The third-order valence-corrected chi connectivity index (χ3v) is 2.90. The second-order valence-corrected chi connectivity index (χ2v) is 3.85. The van der Waals surface area contributed by atoms with E-state index in [9.17, 15) is 0 Å². The molecule has 1 aromatic carbocycles. The molecule has 0 atom stereocenters. The van der Waals surface area contributed by atoms with Crippen molar-refractivity contribution in [3.8, 4) is 0 Å². The van der Waals surface area contributed by atoms with Crippen LogP contribution in [0.25, 0.3) is 0 Å². The van der Waals surface area contributed by atoms with Crippen LogP contribution >= 0.6 is 28.3 Å². The third kappa shape index (κ3) is 1.59. The fraction of sp³-hybridized carbons (Fsp3) is 0.333. The Hall–Kier alpha value is -0.210. The molecule has 66 valence electrons. The van der Waals surface area contributed by atoms with Crippen molar-refractivity contribution in [1.82, 2.24) is 0 Å². The molecule has 0 spiro atoms. The van der Waals surface area contributed by atoms with Gasteiger partial charge in [-0.15, -0.1) is 12.4 Å². The van der Waals surface area contributed by atoms with Crippen molar-refractivity contribution in [1.29, 1.82) is 0 Å². The van der Waals surface area contributed by atoms with Crippen LogP contribution in [0.15, 0.2) is 16.6 Å². The van der Waals surface area contributed by atoms with Crippen LogP contribution in [0.5, 0.6) is 0 Å². The number of rotatable bonds is 0. The van der Waals surface area contributed by atoms with Gasteiger partial charge in [-0.2, -0.15) is 0 Å². The molecule has 0 aliphatic heterocycles. The number of fused-ring (bicyclic) bond motifs is 1. The summed E-state index contributed by atoms with van der Waals surface area (Å²) in [7, 11) is 0. The molecule has 0 aromatic heterocycles. The Balaban J connectivity index is 0.000000720. The average molecular weight is 249 g/mol. The first-order valence-electron chi connectivity index (χ1n) is 3.84.